The molecule has 16 heavy (non-hydrogen) atoms. The van der Waals surface area contributed by atoms with Crippen LogP contribution in [0.5, 0.6) is 0 Å². The van der Waals surface area contributed by atoms with E-state index in [1.807, 2.05) is 0 Å². The van der Waals surface area contributed by atoms with Gasteiger partial charge < -0.3 is 4.74 Å². The van der Waals surface area contributed by atoms with Crippen LogP contribution in [0.2, 0.25) is 0 Å². The average molecular weight is 250 g/mol. The van der Waals surface area contributed by atoms with Crippen molar-refractivity contribution in [2.24, 2.45) is 5.92 Å². The Bertz CT molecular complexity index is 160. The summed E-state index contributed by atoms with van der Waals surface area (Å²) in [5.74, 6) is 1.69. The third-order valence-corrected chi connectivity index (χ3v) is 3.63. The van der Waals surface area contributed by atoms with Crippen molar-refractivity contribution in [2.45, 2.75) is 51.6 Å². The van der Waals surface area contributed by atoms with Gasteiger partial charge in [0.1, 0.15) is 0 Å². The summed E-state index contributed by atoms with van der Waals surface area (Å²) in [6.07, 6.45) is 7.59. The maximum atomic E-state index is 7.89. The Kier molecular flexibility index (Phi) is 8.23. The van der Waals surface area contributed by atoms with E-state index in [2.05, 4.69) is 16.3 Å². The minimum absolute atomic E-state index is 0.487. The molecule has 0 saturated heterocycles. The molecule has 1 N–H and O–H groups in total. The largest absolute Gasteiger partial charge is 0.378 e. The predicted molar refractivity (Wildman–Crippen MR) is 63.9 cm³/mol. The molecule has 1 fully saturated rings. The lowest BCUT2D eigenvalue weighted by Crippen LogP contribution is -2.20. The van der Waals surface area contributed by atoms with Gasteiger partial charge >= 0.3 is 0 Å². The highest BCUT2D eigenvalue weighted by Gasteiger charge is 2.17. The predicted octanol–water partition coefficient (Wildman–Crippen LogP) is 3.43. The van der Waals surface area contributed by atoms with Crippen molar-refractivity contribution >= 4 is 12.0 Å². The third kappa shape index (κ3) is 6.70. The van der Waals surface area contributed by atoms with Gasteiger partial charge in [0.15, 0.2) is 0 Å². The second-order valence-corrected chi connectivity index (χ2v) is 5.20. The highest BCUT2D eigenvalue weighted by atomic mass is 32.2. The van der Waals surface area contributed by atoms with Crippen molar-refractivity contribution in [3.8, 4) is 0 Å². The first kappa shape index (κ1) is 14.3. The van der Waals surface area contributed by atoms with Gasteiger partial charge in [-0.3, -0.25) is 0 Å². The van der Waals surface area contributed by atoms with E-state index in [4.69, 9.17) is 9.99 Å². The fourth-order valence-corrected chi connectivity index (χ4v) is 2.40. The smallest absolute Gasteiger partial charge is 0.0575 e. The topological polar surface area (TPSA) is 47.9 Å². The minimum atomic E-state index is 0.487. The van der Waals surface area contributed by atoms with Crippen molar-refractivity contribution in [3.63, 3.8) is 0 Å². The lowest BCUT2D eigenvalue weighted by atomic mass is 9.89. The van der Waals surface area contributed by atoms with Crippen molar-refractivity contribution in [2.75, 3.05) is 12.4 Å². The van der Waals surface area contributed by atoms with Crippen LogP contribution < -0.4 is 0 Å². The monoisotopic (exact) mass is 250 g/mol. The van der Waals surface area contributed by atoms with Gasteiger partial charge in [-0.2, -0.15) is 0 Å². The third-order valence-electron chi connectivity index (χ3n) is 3.02. The second kappa shape index (κ2) is 9.24. The molecule has 0 radical (unpaired) electrons. The van der Waals surface area contributed by atoms with E-state index in [-0.39, 0.29) is 0 Å². The summed E-state index contributed by atoms with van der Waals surface area (Å²) in [6.45, 7) is 3.15. The summed E-state index contributed by atoms with van der Waals surface area (Å²) < 4.78 is 10.1. The summed E-state index contributed by atoms with van der Waals surface area (Å²) >= 11 is 1.11. The number of ether oxygens (including phenoxy) is 1. The van der Waals surface area contributed by atoms with E-state index in [9.17, 15) is 0 Å². The Balaban J connectivity index is 1.84. The molecule has 1 rings (SSSR count). The Morgan fingerprint density at radius 1 is 1.19 bits per heavy atom. The zero-order chi connectivity index (χ0) is 11.6. The zero-order valence-electron chi connectivity index (χ0n) is 9.89. The SMILES string of the molecule is CC1CCC(OCCCCSOOO)CC1. The molecule has 1 aliphatic rings. The molecule has 0 aromatic rings. The molecule has 0 atom stereocenters. The Morgan fingerprint density at radius 2 is 1.94 bits per heavy atom. The number of unbranched alkanes of at least 4 members (excludes halogenated alkanes) is 1. The van der Waals surface area contributed by atoms with E-state index >= 15 is 0 Å². The van der Waals surface area contributed by atoms with Crippen LogP contribution >= 0.6 is 12.0 Å². The van der Waals surface area contributed by atoms with Crippen molar-refractivity contribution in [3.05, 3.63) is 0 Å². The fraction of sp³-hybridized carbons (Fsp3) is 1.00. The van der Waals surface area contributed by atoms with Gasteiger partial charge in [0.25, 0.3) is 0 Å². The molecule has 0 heterocycles. The number of hydrogen-bond acceptors (Lipinski definition) is 5. The minimum Gasteiger partial charge on any atom is -0.378 e. The summed E-state index contributed by atoms with van der Waals surface area (Å²) in [5, 5.41) is 11.4. The van der Waals surface area contributed by atoms with Gasteiger partial charge in [0, 0.05) is 24.4 Å². The normalized spacial score (nSPS) is 25.9. The number of rotatable bonds is 8. The molecule has 1 aliphatic carbocycles. The van der Waals surface area contributed by atoms with Crippen molar-refractivity contribution in [1.29, 1.82) is 0 Å². The molecule has 4 nitrogen and oxygen atoms in total. The van der Waals surface area contributed by atoms with Crippen molar-refractivity contribution in [1.82, 2.24) is 0 Å². The summed E-state index contributed by atoms with van der Waals surface area (Å²) in [4.78, 5) is 0. The Morgan fingerprint density at radius 3 is 2.62 bits per heavy atom. The maximum absolute atomic E-state index is 7.89. The highest BCUT2D eigenvalue weighted by Crippen LogP contribution is 2.25. The van der Waals surface area contributed by atoms with Crippen LogP contribution in [-0.2, 0) is 14.1 Å². The van der Waals surface area contributed by atoms with Crippen LogP contribution in [0.3, 0.4) is 0 Å². The quantitative estimate of drug-likeness (QED) is 0.309. The number of hydrogen-bond donors (Lipinski definition) is 1. The molecule has 0 unspecified atom stereocenters. The summed E-state index contributed by atoms with van der Waals surface area (Å²) in [5.41, 5.74) is 0. The maximum Gasteiger partial charge on any atom is 0.0575 e. The van der Waals surface area contributed by atoms with Crippen LogP contribution in [-0.4, -0.2) is 23.7 Å². The van der Waals surface area contributed by atoms with Gasteiger partial charge in [0.05, 0.1) is 6.10 Å². The molecule has 0 aromatic carbocycles. The van der Waals surface area contributed by atoms with Gasteiger partial charge in [-0.15, -0.1) is 4.33 Å². The zero-order valence-corrected chi connectivity index (χ0v) is 10.7. The van der Waals surface area contributed by atoms with Crippen LogP contribution in [0, 0.1) is 5.92 Å². The molecular weight excluding hydrogens is 228 g/mol. The first-order valence-electron chi connectivity index (χ1n) is 6.04. The molecule has 0 aromatic heterocycles. The van der Waals surface area contributed by atoms with Crippen LogP contribution in [0.15, 0.2) is 0 Å². The standard InChI is InChI=1S/C11H22O4S/c1-10-4-6-11(7-5-10)13-8-2-3-9-16-15-14-12/h10-12H,2-9H2,1H3. The van der Waals surface area contributed by atoms with E-state index in [0.717, 1.165) is 43.2 Å². The lowest BCUT2D eigenvalue weighted by molar-refractivity contribution is -0.432. The van der Waals surface area contributed by atoms with Gasteiger partial charge in [-0.25, -0.2) is 5.26 Å². The Hall–Kier alpha value is 0.190. The van der Waals surface area contributed by atoms with E-state index < -0.39 is 0 Å². The highest BCUT2D eigenvalue weighted by molar-refractivity contribution is 7.94. The van der Waals surface area contributed by atoms with Crippen LogP contribution in [0.1, 0.15) is 45.4 Å². The molecule has 0 aliphatic heterocycles. The second-order valence-electron chi connectivity index (χ2n) is 4.42. The molecule has 0 spiro atoms. The summed E-state index contributed by atoms with van der Waals surface area (Å²) in [7, 11) is 0. The van der Waals surface area contributed by atoms with Gasteiger partial charge in [0.2, 0.25) is 0 Å². The molecule has 96 valence electrons. The van der Waals surface area contributed by atoms with Gasteiger partial charge in [-0.1, -0.05) is 12.0 Å². The molecular formula is C11H22O4S. The van der Waals surface area contributed by atoms with Gasteiger partial charge in [-0.05, 0) is 44.4 Å². The van der Waals surface area contributed by atoms with Crippen LogP contribution in [0.4, 0.5) is 0 Å². The lowest BCUT2D eigenvalue weighted by Gasteiger charge is -2.26. The molecule has 5 heteroatoms. The fourth-order valence-electron chi connectivity index (χ4n) is 1.96. The summed E-state index contributed by atoms with van der Waals surface area (Å²) in [6, 6.07) is 0. The van der Waals surface area contributed by atoms with Crippen LogP contribution in [0.25, 0.3) is 0 Å². The van der Waals surface area contributed by atoms with Crippen molar-refractivity contribution < 1.29 is 19.4 Å². The van der Waals surface area contributed by atoms with E-state index in [1.165, 1.54) is 25.7 Å². The first-order valence-corrected chi connectivity index (χ1v) is 6.95. The molecule has 0 bridgehead atoms. The molecule has 0 amide bonds. The van der Waals surface area contributed by atoms with E-state index in [0.29, 0.717) is 6.10 Å². The first-order chi connectivity index (χ1) is 7.83. The molecule has 1 saturated carbocycles. The average Bonchev–Trinajstić information content (AvgIpc) is 2.30. The van der Waals surface area contributed by atoms with E-state index in [1.54, 1.807) is 0 Å². The Labute approximate surface area is 102 Å².